The van der Waals surface area contributed by atoms with Gasteiger partial charge >= 0.3 is 0 Å². The molecule has 1 saturated heterocycles. The van der Waals surface area contributed by atoms with Gasteiger partial charge < -0.3 is 15.7 Å². The summed E-state index contributed by atoms with van der Waals surface area (Å²) >= 11 is 1.01. The van der Waals surface area contributed by atoms with Gasteiger partial charge in [-0.25, -0.2) is 13.4 Å². The van der Waals surface area contributed by atoms with Crippen molar-refractivity contribution in [3.8, 4) is 11.1 Å². The Morgan fingerprint density at radius 1 is 1.21 bits per heavy atom. The van der Waals surface area contributed by atoms with E-state index in [0.717, 1.165) is 11.3 Å². The first kappa shape index (κ1) is 29.3. The number of aromatic nitrogens is 3. The first-order chi connectivity index (χ1) is 14.3. The fourth-order valence-corrected chi connectivity index (χ4v) is 5.88. The van der Waals surface area contributed by atoms with E-state index in [1.165, 1.54) is 23.2 Å². The SMILES string of the molecule is Cl.Cl.Cl.Cn1cc(-c2cc(C(=O)N3CC[C@@H](O)C3)cc(S(=O)(=O)c3cnc(CN)s3)c2)cn1. The van der Waals surface area contributed by atoms with E-state index in [2.05, 4.69) is 10.1 Å². The Balaban J connectivity index is 0.00000181. The molecule has 1 amide bonds. The molecule has 182 valence electrons. The lowest BCUT2D eigenvalue weighted by atomic mass is 10.1. The Bertz CT molecular complexity index is 1220. The highest BCUT2D eigenvalue weighted by Crippen LogP contribution is 2.31. The van der Waals surface area contributed by atoms with Crippen LogP contribution in [0.4, 0.5) is 0 Å². The number of aliphatic hydroxyl groups is 1. The number of hydrogen-bond acceptors (Lipinski definition) is 8. The lowest BCUT2D eigenvalue weighted by Crippen LogP contribution is -2.29. The first-order valence-corrected chi connectivity index (χ1v) is 11.6. The van der Waals surface area contributed by atoms with Crippen LogP contribution in [0.5, 0.6) is 0 Å². The molecule has 1 atom stereocenters. The van der Waals surface area contributed by atoms with Crippen LogP contribution in [0.1, 0.15) is 21.8 Å². The summed E-state index contributed by atoms with van der Waals surface area (Å²) in [5.74, 6) is -0.319. The Kier molecular flexibility index (Phi) is 10.3. The van der Waals surface area contributed by atoms with Gasteiger partial charge in [-0.05, 0) is 30.2 Å². The van der Waals surface area contributed by atoms with E-state index in [9.17, 15) is 18.3 Å². The number of nitrogens with zero attached hydrogens (tertiary/aromatic N) is 4. The molecule has 3 heterocycles. The number of aliphatic hydroxyl groups excluding tert-OH is 1. The lowest BCUT2D eigenvalue weighted by molar-refractivity contribution is 0.0765. The van der Waals surface area contributed by atoms with E-state index < -0.39 is 15.9 Å². The van der Waals surface area contributed by atoms with Crippen LogP contribution in [0.15, 0.2) is 45.9 Å². The molecular formula is C19H24Cl3N5O4S2. The number of halogens is 3. The Labute approximate surface area is 214 Å². The number of likely N-dealkylation sites (tertiary alicyclic amines) is 1. The predicted molar refractivity (Wildman–Crippen MR) is 132 cm³/mol. The Hall–Kier alpha value is -1.73. The van der Waals surface area contributed by atoms with Crippen molar-refractivity contribution in [3.05, 3.63) is 47.4 Å². The number of aryl methyl sites for hydroxylation is 1. The van der Waals surface area contributed by atoms with E-state index >= 15 is 0 Å². The van der Waals surface area contributed by atoms with Crippen LogP contribution < -0.4 is 5.73 Å². The number of β-amino-alcohol motifs (C(OH)–C–C–N with tert-alkyl or cyclic N) is 1. The highest BCUT2D eigenvalue weighted by molar-refractivity contribution is 7.93. The van der Waals surface area contributed by atoms with Crippen molar-refractivity contribution >= 4 is 64.3 Å². The second kappa shape index (κ2) is 11.6. The second-order valence-corrected chi connectivity index (χ2v) is 10.4. The van der Waals surface area contributed by atoms with Crippen LogP contribution in [0.3, 0.4) is 0 Å². The summed E-state index contributed by atoms with van der Waals surface area (Å²) < 4.78 is 28.2. The molecule has 3 aromatic rings. The third-order valence-corrected chi connectivity index (χ3v) is 8.14. The fraction of sp³-hybridized carbons (Fsp3) is 0.316. The topological polar surface area (TPSA) is 131 Å². The second-order valence-electron chi connectivity index (χ2n) is 7.12. The summed E-state index contributed by atoms with van der Waals surface area (Å²) in [6.07, 6.45) is 4.59. The summed E-state index contributed by atoms with van der Waals surface area (Å²) in [5.41, 5.74) is 7.07. The van der Waals surface area contributed by atoms with Gasteiger partial charge in [0.2, 0.25) is 9.84 Å². The average molecular weight is 557 g/mol. The summed E-state index contributed by atoms with van der Waals surface area (Å²) in [4.78, 5) is 18.6. The van der Waals surface area contributed by atoms with Crippen molar-refractivity contribution in [2.24, 2.45) is 12.8 Å². The van der Waals surface area contributed by atoms with Gasteiger partial charge in [-0.1, -0.05) is 0 Å². The van der Waals surface area contributed by atoms with Crippen LogP contribution in [0.2, 0.25) is 0 Å². The maximum Gasteiger partial charge on any atom is 0.254 e. The van der Waals surface area contributed by atoms with Crippen LogP contribution in [0, 0.1) is 0 Å². The molecule has 9 nitrogen and oxygen atoms in total. The summed E-state index contributed by atoms with van der Waals surface area (Å²) in [5, 5.41) is 14.4. The molecule has 14 heteroatoms. The minimum Gasteiger partial charge on any atom is -0.391 e. The predicted octanol–water partition coefficient (Wildman–Crippen LogP) is 2.31. The van der Waals surface area contributed by atoms with Gasteiger partial charge in [-0.3, -0.25) is 9.48 Å². The minimum absolute atomic E-state index is 0. The molecule has 33 heavy (non-hydrogen) atoms. The van der Waals surface area contributed by atoms with E-state index in [0.29, 0.717) is 29.1 Å². The fourth-order valence-electron chi connectivity index (χ4n) is 3.35. The maximum atomic E-state index is 13.2. The van der Waals surface area contributed by atoms with Crippen molar-refractivity contribution in [3.63, 3.8) is 0 Å². The summed E-state index contributed by atoms with van der Waals surface area (Å²) in [7, 11) is -2.13. The van der Waals surface area contributed by atoms with Crippen LogP contribution in [-0.4, -0.2) is 58.3 Å². The zero-order valence-corrected chi connectivity index (χ0v) is 21.5. The molecule has 4 rings (SSSR count). The number of amides is 1. The number of carbonyl (C=O) groups excluding carboxylic acids is 1. The maximum absolute atomic E-state index is 13.2. The molecule has 1 aliphatic rings. The van der Waals surface area contributed by atoms with Crippen molar-refractivity contribution in [1.82, 2.24) is 19.7 Å². The normalized spacial score (nSPS) is 15.4. The lowest BCUT2D eigenvalue weighted by Gasteiger charge is -2.17. The highest BCUT2D eigenvalue weighted by atomic mass is 35.5. The quantitative estimate of drug-likeness (QED) is 0.493. The molecular weight excluding hydrogens is 533 g/mol. The number of thiazole rings is 1. The van der Waals surface area contributed by atoms with Crippen LogP contribution in [-0.2, 0) is 23.4 Å². The van der Waals surface area contributed by atoms with Crippen molar-refractivity contribution in [2.45, 2.75) is 28.2 Å². The Morgan fingerprint density at radius 3 is 2.48 bits per heavy atom. The van der Waals surface area contributed by atoms with Crippen molar-refractivity contribution in [1.29, 1.82) is 0 Å². The van der Waals surface area contributed by atoms with Gasteiger partial charge in [-0.2, -0.15) is 5.10 Å². The van der Waals surface area contributed by atoms with Crippen LogP contribution >= 0.6 is 48.6 Å². The number of sulfone groups is 1. The molecule has 0 unspecified atom stereocenters. The summed E-state index contributed by atoms with van der Waals surface area (Å²) in [6.45, 7) is 0.803. The van der Waals surface area contributed by atoms with Crippen LogP contribution in [0.25, 0.3) is 11.1 Å². The third kappa shape index (κ3) is 6.04. The molecule has 0 radical (unpaired) electrons. The molecule has 0 saturated carbocycles. The van der Waals surface area contributed by atoms with Gasteiger partial charge in [0.25, 0.3) is 5.91 Å². The average Bonchev–Trinajstić information content (AvgIpc) is 3.47. The zero-order chi connectivity index (χ0) is 21.5. The highest BCUT2D eigenvalue weighted by Gasteiger charge is 2.28. The Morgan fingerprint density at radius 2 is 1.94 bits per heavy atom. The third-order valence-electron chi connectivity index (χ3n) is 4.92. The number of rotatable bonds is 5. The summed E-state index contributed by atoms with van der Waals surface area (Å²) in [6, 6.07) is 4.56. The van der Waals surface area contributed by atoms with Gasteiger partial charge in [0, 0.05) is 44.0 Å². The first-order valence-electron chi connectivity index (χ1n) is 9.29. The van der Waals surface area contributed by atoms with Crippen molar-refractivity contribution < 1.29 is 18.3 Å². The number of nitrogens with two attached hydrogens (primary N) is 1. The molecule has 0 spiro atoms. The number of benzene rings is 1. The van der Waals surface area contributed by atoms with Crippen molar-refractivity contribution in [2.75, 3.05) is 13.1 Å². The molecule has 2 aromatic heterocycles. The molecule has 0 bridgehead atoms. The van der Waals surface area contributed by atoms with E-state index in [1.54, 1.807) is 30.2 Å². The number of hydrogen-bond donors (Lipinski definition) is 2. The molecule has 1 aliphatic heterocycles. The van der Waals surface area contributed by atoms with Gasteiger partial charge in [0.15, 0.2) is 0 Å². The van der Waals surface area contributed by atoms with E-state index in [1.807, 2.05) is 0 Å². The van der Waals surface area contributed by atoms with Gasteiger partial charge in [0.05, 0.1) is 23.4 Å². The standard InChI is InChI=1S/C19H21N5O4S2.3ClH/c1-23-10-14(8-22-23)12-4-13(19(26)24-3-2-15(25)11-24)6-16(5-12)30(27,28)18-9-21-17(7-20)29-18;;;/h4-6,8-10,15,25H,2-3,7,11,20H2,1H3;3*1H/t15-;;;/m1.../s1. The minimum atomic E-state index is -3.89. The smallest absolute Gasteiger partial charge is 0.254 e. The van der Waals surface area contributed by atoms with Gasteiger partial charge in [-0.15, -0.1) is 48.6 Å². The molecule has 1 fully saturated rings. The van der Waals surface area contributed by atoms with E-state index in [4.69, 9.17) is 5.73 Å². The molecule has 0 aliphatic carbocycles. The molecule has 3 N–H and O–H groups in total. The monoisotopic (exact) mass is 555 g/mol. The largest absolute Gasteiger partial charge is 0.391 e. The molecule has 1 aromatic carbocycles. The van der Waals surface area contributed by atoms with E-state index in [-0.39, 0.29) is 70.9 Å². The van der Waals surface area contributed by atoms with Gasteiger partial charge in [0.1, 0.15) is 9.22 Å². The zero-order valence-electron chi connectivity index (χ0n) is 17.4. The number of carbonyl (C=O) groups is 1.